The minimum atomic E-state index is -1.50. The Morgan fingerprint density at radius 2 is 1.96 bits per heavy atom. The van der Waals surface area contributed by atoms with Crippen LogP contribution in [0.1, 0.15) is 11.1 Å². The molecule has 1 aromatic rings. The highest BCUT2D eigenvalue weighted by Gasteiger charge is 2.44. The van der Waals surface area contributed by atoms with Crippen molar-refractivity contribution in [3.8, 4) is 11.5 Å². The number of aromatic hydroxyl groups is 1. The molecule has 1 fully saturated rings. The minimum absolute atomic E-state index is 0.0780. The highest BCUT2D eigenvalue weighted by Crippen LogP contribution is 2.32. The third kappa shape index (κ3) is 3.14. The van der Waals surface area contributed by atoms with Gasteiger partial charge in [0.25, 0.3) is 0 Å². The standard InChI is InChI=1S/C15H21NO7/c17-6-11-12(19)13(20)14(21)15(23-11)22-8-3-7-1-2-16-5-9(7)10(18)4-8/h3-4,11-21H,1-2,5-6H2/t11?,12-,13?,14?,15+/m0/s1. The summed E-state index contributed by atoms with van der Waals surface area (Å²) in [5, 5.41) is 51.9. The first-order chi connectivity index (χ1) is 11.0. The molecule has 0 saturated carbocycles. The Hall–Kier alpha value is -1.42. The van der Waals surface area contributed by atoms with Gasteiger partial charge in [0.1, 0.15) is 35.9 Å². The van der Waals surface area contributed by atoms with Crippen LogP contribution in [0.4, 0.5) is 0 Å². The van der Waals surface area contributed by atoms with Crippen molar-refractivity contribution in [3.05, 3.63) is 23.3 Å². The summed E-state index contributed by atoms with van der Waals surface area (Å²) in [4.78, 5) is 0. The van der Waals surface area contributed by atoms with Crippen molar-refractivity contribution in [2.75, 3.05) is 13.2 Å². The van der Waals surface area contributed by atoms with Gasteiger partial charge in [-0.25, -0.2) is 0 Å². The maximum absolute atomic E-state index is 10.1. The lowest BCUT2D eigenvalue weighted by atomic mass is 9.98. The van der Waals surface area contributed by atoms with Crippen LogP contribution in [0.15, 0.2) is 12.1 Å². The van der Waals surface area contributed by atoms with Gasteiger partial charge in [-0.15, -0.1) is 0 Å². The van der Waals surface area contributed by atoms with Crippen molar-refractivity contribution in [3.63, 3.8) is 0 Å². The largest absolute Gasteiger partial charge is 0.507 e. The first-order valence-electron chi connectivity index (χ1n) is 7.54. The van der Waals surface area contributed by atoms with E-state index < -0.39 is 37.3 Å². The summed E-state index contributed by atoms with van der Waals surface area (Å²) in [6.45, 7) is 0.837. The maximum Gasteiger partial charge on any atom is 0.229 e. The number of phenolic OH excluding ortho intramolecular Hbond substituents is 1. The molecule has 1 saturated heterocycles. The van der Waals surface area contributed by atoms with Gasteiger partial charge in [-0.05, 0) is 24.6 Å². The van der Waals surface area contributed by atoms with E-state index in [2.05, 4.69) is 5.32 Å². The fourth-order valence-electron chi connectivity index (χ4n) is 2.92. The molecule has 0 bridgehead atoms. The number of rotatable bonds is 3. The molecule has 0 aliphatic carbocycles. The number of phenols is 1. The highest BCUT2D eigenvalue weighted by atomic mass is 16.7. The van der Waals surface area contributed by atoms with Gasteiger partial charge in [0.15, 0.2) is 0 Å². The van der Waals surface area contributed by atoms with Gasteiger partial charge in [0, 0.05) is 18.2 Å². The van der Waals surface area contributed by atoms with E-state index in [1.165, 1.54) is 6.07 Å². The number of nitrogens with one attached hydrogen (secondary N) is 1. The van der Waals surface area contributed by atoms with E-state index in [0.717, 1.165) is 24.1 Å². The molecular formula is C15H21NO7. The molecule has 0 amide bonds. The smallest absolute Gasteiger partial charge is 0.229 e. The second kappa shape index (κ2) is 6.60. The Labute approximate surface area is 132 Å². The zero-order valence-electron chi connectivity index (χ0n) is 12.4. The molecule has 2 aliphatic rings. The van der Waals surface area contributed by atoms with Crippen LogP contribution in [0.5, 0.6) is 11.5 Å². The van der Waals surface area contributed by atoms with Crippen molar-refractivity contribution >= 4 is 0 Å². The number of hydrogen-bond acceptors (Lipinski definition) is 8. The number of benzene rings is 1. The third-order valence-corrected chi connectivity index (χ3v) is 4.27. The molecule has 23 heavy (non-hydrogen) atoms. The molecule has 8 heteroatoms. The fraction of sp³-hybridized carbons (Fsp3) is 0.600. The summed E-state index contributed by atoms with van der Waals surface area (Å²) in [6.07, 6.45) is -5.97. The molecule has 0 aromatic heterocycles. The van der Waals surface area contributed by atoms with Crippen LogP contribution in [-0.2, 0) is 17.7 Å². The molecule has 0 radical (unpaired) electrons. The van der Waals surface area contributed by atoms with E-state index in [9.17, 15) is 25.5 Å². The summed E-state index contributed by atoms with van der Waals surface area (Å²) >= 11 is 0. The summed E-state index contributed by atoms with van der Waals surface area (Å²) < 4.78 is 10.8. The number of fused-ring (bicyclic) bond motifs is 1. The van der Waals surface area contributed by atoms with Crippen molar-refractivity contribution in [2.45, 2.75) is 43.7 Å². The molecule has 2 aliphatic heterocycles. The second-order valence-electron chi connectivity index (χ2n) is 5.82. The Bertz CT molecular complexity index is 565. The van der Waals surface area contributed by atoms with Crippen LogP contribution in [0.3, 0.4) is 0 Å². The predicted molar refractivity (Wildman–Crippen MR) is 77.9 cm³/mol. The molecule has 8 nitrogen and oxygen atoms in total. The minimum Gasteiger partial charge on any atom is -0.507 e. The van der Waals surface area contributed by atoms with E-state index in [-0.39, 0.29) is 11.5 Å². The average Bonchev–Trinajstić information content (AvgIpc) is 2.55. The van der Waals surface area contributed by atoms with Gasteiger partial charge < -0.3 is 40.3 Å². The topological polar surface area (TPSA) is 132 Å². The van der Waals surface area contributed by atoms with Gasteiger partial charge in [0.05, 0.1) is 6.61 Å². The van der Waals surface area contributed by atoms with E-state index in [1.807, 2.05) is 0 Å². The lowest BCUT2D eigenvalue weighted by Gasteiger charge is -2.39. The van der Waals surface area contributed by atoms with Gasteiger partial charge in [0.2, 0.25) is 6.29 Å². The Morgan fingerprint density at radius 1 is 1.17 bits per heavy atom. The predicted octanol–water partition coefficient (Wildman–Crippen LogP) is -1.78. The van der Waals surface area contributed by atoms with Gasteiger partial charge in [-0.3, -0.25) is 0 Å². The maximum atomic E-state index is 10.1. The molecule has 0 spiro atoms. The van der Waals surface area contributed by atoms with Crippen LogP contribution in [0.25, 0.3) is 0 Å². The van der Waals surface area contributed by atoms with Gasteiger partial charge in [-0.1, -0.05) is 0 Å². The molecule has 6 N–H and O–H groups in total. The number of hydrogen-bond donors (Lipinski definition) is 6. The average molecular weight is 327 g/mol. The normalized spacial score (nSPS) is 34.0. The van der Waals surface area contributed by atoms with Crippen LogP contribution >= 0.6 is 0 Å². The molecule has 1 aromatic carbocycles. The monoisotopic (exact) mass is 327 g/mol. The van der Waals surface area contributed by atoms with Crippen molar-refractivity contribution in [1.82, 2.24) is 5.32 Å². The number of aliphatic hydroxyl groups excluding tert-OH is 4. The van der Waals surface area contributed by atoms with Gasteiger partial charge >= 0.3 is 0 Å². The van der Waals surface area contributed by atoms with Gasteiger partial charge in [-0.2, -0.15) is 0 Å². The molecule has 2 heterocycles. The van der Waals surface area contributed by atoms with Crippen molar-refractivity contribution in [2.24, 2.45) is 0 Å². The second-order valence-corrected chi connectivity index (χ2v) is 5.82. The van der Waals surface area contributed by atoms with Crippen LogP contribution in [0, 0.1) is 0 Å². The first-order valence-corrected chi connectivity index (χ1v) is 7.54. The van der Waals surface area contributed by atoms with Crippen LogP contribution in [-0.4, -0.2) is 69.4 Å². The third-order valence-electron chi connectivity index (χ3n) is 4.27. The Morgan fingerprint density at radius 3 is 2.70 bits per heavy atom. The Kier molecular flexibility index (Phi) is 4.72. The lowest BCUT2D eigenvalue weighted by Crippen LogP contribution is -2.60. The Balaban J connectivity index is 1.79. The van der Waals surface area contributed by atoms with E-state index in [0.29, 0.717) is 6.54 Å². The van der Waals surface area contributed by atoms with Crippen LogP contribution < -0.4 is 10.1 Å². The van der Waals surface area contributed by atoms with Crippen molar-refractivity contribution in [1.29, 1.82) is 0 Å². The summed E-state index contributed by atoms with van der Waals surface area (Å²) in [5.74, 6) is 0.363. The van der Waals surface area contributed by atoms with E-state index in [1.54, 1.807) is 6.07 Å². The zero-order valence-corrected chi connectivity index (χ0v) is 12.4. The lowest BCUT2D eigenvalue weighted by molar-refractivity contribution is -0.277. The van der Waals surface area contributed by atoms with Crippen molar-refractivity contribution < 1.29 is 35.0 Å². The van der Waals surface area contributed by atoms with E-state index in [4.69, 9.17) is 9.47 Å². The summed E-state index contributed by atoms with van der Waals surface area (Å²) in [5.41, 5.74) is 1.74. The number of aliphatic hydroxyl groups is 4. The molecular weight excluding hydrogens is 306 g/mol. The quantitative estimate of drug-likeness (QED) is 0.384. The zero-order chi connectivity index (χ0) is 16.6. The summed E-state index contributed by atoms with van der Waals surface area (Å²) in [6, 6.07) is 3.16. The molecule has 5 atom stereocenters. The SMILES string of the molecule is OCC1O[C@@H](Oc2cc(O)c3c(c2)CCNC3)C(O)C(O)[C@H]1O. The molecule has 3 unspecified atom stereocenters. The molecule has 3 rings (SSSR count). The fourth-order valence-corrected chi connectivity index (χ4v) is 2.92. The van der Waals surface area contributed by atoms with Crippen LogP contribution in [0.2, 0.25) is 0 Å². The molecule has 128 valence electrons. The summed E-state index contributed by atoms with van der Waals surface area (Å²) in [7, 11) is 0. The number of ether oxygens (including phenoxy) is 2. The highest BCUT2D eigenvalue weighted by molar-refractivity contribution is 5.47. The first kappa shape index (κ1) is 16.4. The van der Waals surface area contributed by atoms with E-state index >= 15 is 0 Å².